The van der Waals surface area contributed by atoms with Crippen LogP contribution in [0.5, 0.6) is 0 Å². The van der Waals surface area contributed by atoms with Crippen molar-refractivity contribution in [3.63, 3.8) is 0 Å². The van der Waals surface area contributed by atoms with E-state index in [-0.39, 0.29) is 12.8 Å². The van der Waals surface area contributed by atoms with Crippen LogP contribution >= 0.6 is 0 Å². The minimum absolute atomic E-state index is 0.128. The van der Waals surface area contributed by atoms with Crippen molar-refractivity contribution in [1.82, 2.24) is 0 Å². The standard InChI is InChI=1S/C13H23F3O/c14-13(15,16)12(17)10-8-6-4-2-1-3-5-7-9-11-12/h17H,1-11H2. The van der Waals surface area contributed by atoms with Crippen molar-refractivity contribution in [2.75, 3.05) is 0 Å². The van der Waals surface area contributed by atoms with E-state index in [1.54, 1.807) is 0 Å². The van der Waals surface area contributed by atoms with Gasteiger partial charge >= 0.3 is 6.18 Å². The summed E-state index contributed by atoms with van der Waals surface area (Å²) in [7, 11) is 0. The molecule has 4 heteroatoms. The van der Waals surface area contributed by atoms with E-state index in [1.807, 2.05) is 0 Å². The molecule has 0 unspecified atom stereocenters. The summed E-state index contributed by atoms with van der Waals surface area (Å²) in [6.07, 6.45) is 3.26. The van der Waals surface area contributed by atoms with Gasteiger partial charge in [0.2, 0.25) is 0 Å². The third kappa shape index (κ3) is 4.86. The molecule has 0 spiro atoms. The van der Waals surface area contributed by atoms with Gasteiger partial charge in [-0.25, -0.2) is 0 Å². The molecule has 0 atom stereocenters. The number of aliphatic hydroxyl groups is 1. The molecule has 1 aliphatic carbocycles. The van der Waals surface area contributed by atoms with Crippen LogP contribution < -0.4 is 0 Å². The molecule has 0 aromatic rings. The molecule has 1 fully saturated rings. The van der Waals surface area contributed by atoms with Crippen LogP contribution in [0.25, 0.3) is 0 Å². The average molecular weight is 252 g/mol. The van der Waals surface area contributed by atoms with E-state index in [4.69, 9.17) is 0 Å². The number of halogens is 3. The van der Waals surface area contributed by atoms with Gasteiger partial charge in [0.25, 0.3) is 0 Å². The van der Waals surface area contributed by atoms with Gasteiger partial charge in [-0.05, 0) is 12.8 Å². The molecule has 0 heterocycles. The van der Waals surface area contributed by atoms with Crippen LogP contribution in [-0.4, -0.2) is 16.9 Å². The maximum atomic E-state index is 12.8. The SMILES string of the molecule is OC1(C(F)(F)F)CCCCCCCCCCC1. The molecule has 1 saturated carbocycles. The predicted molar refractivity (Wildman–Crippen MR) is 61.8 cm³/mol. The van der Waals surface area contributed by atoms with E-state index >= 15 is 0 Å². The average Bonchev–Trinajstić information content (AvgIpc) is 2.21. The molecule has 1 nitrogen and oxygen atoms in total. The largest absolute Gasteiger partial charge is 0.417 e. The van der Waals surface area contributed by atoms with Crippen molar-refractivity contribution in [3.8, 4) is 0 Å². The smallest absolute Gasteiger partial charge is 0.380 e. The summed E-state index contributed by atoms with van der Waals surface area (Å²) in [5.74, 6) is 0. The number of hydrogen-bond acceptors (Lipinski definition) is 1. The summed E-state index contributed by atoms with van der Waals surface area (Å²) in [4.78, 5) is 0. The lowest BCUT2D eigenvalue weighted by molar-refractivity contribution is -0.265. The molecule has 0 radical (unpaired) electrons. The normalized spacial score (nSPS) is 24.7. The van der Waals surface area contributed by atoms with Crippen molar-refractivity contribution in [2.24, 2.45) is 0 Å². The summed E-state index contributed by atoms with van der Waals surface area (Å²) in [5.41, 5.74) is -2.44. The van der Waals surface area contributed by atoms with E-state index in [2.05, 4.69) is 0 Å². The van der Waals surface area contributed by atoms with E-state index < -0.39 is 11.8 Å². The van der Waals surface area contributed by atoms with Gasteiger partial charge in [-0.15, -0.1) is 0 Å². The van der Waals surface area contributed by atoms with Gasteiger partial charge in [0, 0.05) is 0 Å². The predicted octanol–water partition coefficient (Wildman–Crippen LogP) is 4.58. The van der Waals surface area contributed by atoms with Crippen molar-refractivity contribution < 1.29 is 18.3 Å². The van der Waals surface area contributed by atoms with Crippen molar-refractivity contribution in [3.05, 3.63) is 0 Å². The summed E-state index contributed by atoms with van der Waals surface area (Å²) >= 11 is 0. The Morgan fingerprint density at radius 3 is 1.24 bits per heavy atom. The van der Waals surface area contributed by atoms with E-state index in [1.165, 1.54) is 6.42 Å². The summed E-state index contributed by atoms with van der Waals surface area (Å²) in [6.45, 7) is 0. The van der Waals surface area contributed by atoms with Gasteiger partial charge in [0.05, 0.1) is 0 Å². The van der Waals surface area contributed by atoms with E-state index in [9.17, 15) is 18.3 Å². The molecule has 0 bridgehead atoms. The first-order valence-electron chi connectivity index (χ1n) is 6.75. The Morgan fingerprint density at radius 2 is 0.941 bits per heavy atom. The lowest BCUT2D eigenvalue weighted by atomic mass is 9.88. The first-order valence-corrected chi connectivity index (χ1v) is 6.75. The highest BCUT2D eigenvalue weighted by atomic mass is 19.4. The van der Waals surface area contributed by atoms with Crippen LogP contribution in [0, 0.1) is 0 Å². The summed E-state index contributed by atoms with van der Waals surface area (Å²) in [6, 6.07) is 0. The molecule has 0 aliphatic heterocycles. The highest BCUT2D eigenvalue weighted by Crippen LogP contribution is 2.38. The molecule has 1 aliphatic rings. The van der Waals surface area contributed by atoms with Crippen LogP contribution in [-0.2, 0) is 0 Å². The molecule has 17 heavy (non-hydrogen) atoms. The second kappa shape index (κ2) is 6.62. The third-order valence-corrected chi connectivity index (χ3v) is 3.71. The number of hydrogen-bond donors (Lipinski definition) is 1. The van der Waals surface area contributed by atoms with Gasteiger partial charge in [-0.3, -0.25) is 0 Å². The summed E-state index contributed by atoms with van der Waals surface area (Å²) < 4.78 is 38.4. The minimum atomic E-state index is -4.48. The monoisotopic (exact) mass is 252 g/mol. The highest BCUT2D eigenvalue weighted by molar-refractivity contribution is 4.86. The van der Waals surface area contributed by atoms with Gasteiger partial charge in [0.15, 0.2) is 5.60 Å². The van der Waals surface area contributed by atoms with Crippen LogP contribution in [0.2, 0.25) is 0 Å². The van der Waals surface area contributed by atoms with Crippen molar-refractivity contribution >= 4 is 0 Å². The van der Waals surface area contributed by atoms with Gasteiger partial charge in [-0.2, -0.15) is 13.2 Å². The zero-order valence-corrected chi connectivity index (χ0v) is 10.4. The molecular weight excluding hydrogens is 229 g/mol. The molecular formula is C13H23F3O. The molecule has 1 N–H and O–H groups in total. The lowest BCUT2D eigenvalue weighted by Crippen LogP contribution is -2.45. The Hall–Kier alpha value is -0.250. The van der Waals surface area contributed by atoms with Gasteiger partial charge in [-0.1, -0.05) is 57.8 Å². The first kappa shape index (κ1) is 14.8. The van der Waals surface area contributed by atoms with Crippen molar-refractivity contribution in [1.29, 1.82) is 0 Å². The Labute approximate surface area is 101 Å². The Balaban J connectivity index is 2.54. The fraction of sp³-hybridized carbons (Fsp3) is 1.00. The third-order valence-electron chi connectivity index (χ3n) is 3.71. The lowest BCUT2D eigenvalue weighted by Gasteiger charge is -2.31. The van der Waals surface area contributed by atoms with Crippen LogP contribution in [0.15, 0.2) is 0 Å². The zero-order chi connectivity index (χ0) is 12.8. The quantitative estimate of drug-likeness (QED) is 0.668. The summed E-state index contributed by atoms with van der Waals surface area (Å²) in [5, 5.41) is 9.77. The van der Waals surface area contributed by atoms with Crippen LogP contribution in [0.4, 0.5) is 13.2 Å². The molecule has 0 amide bonds. The first-order chi connectivity index (χ1) is 7.96. The molecule has 102 valence electrons. The zero-order valence-electron chi connectivity index (χ0n) is 10.4. The number of rotatable bonds is 0. The van der Waals surface area contributed by atoms with Crippen LogP contribution in [0.3, 0.4) is 0 Å². The Morgan fingerprint density at radius 1 is 0.647 bits per heavy atom. The fourth-order valence-electron chi connectivity index (χ4n) is 2.48. The van der Waals surface area contributed by atoms with Gasteiger partial charge in [0.1, 0.15) is 0 Å². The highest BCUT2D eigenvalue weighted by Gasteiger charge is 2.52. The maximum Gasteiger partial charge on any atom is 0.417 e. The topological polar surface area (TPSA) is 20.2 Å². The van der Waals surface area contributed by atoms with Crippen molar-refractivity contribution in [2.45, 2.75) is 82.4 Å². The second-order valence-corrected chi connectivity index (χ2v) is 5.21. The Bertz CT molecular complexity index is 201. The molecule has 0 aromatic carbocycles. The minimum Gasteiger partial charge on any atom is -0.380 e. The molecule has 0 aromatic heterocycles. The van der Waals surface area contributed by atoms with E-state index in [0.29, 0.717) is 12.8 Å². The van der Waals surface area contributed by atoms with Crippen LogP contribution in [0.1, 0.15) is 70.6 Å². The Kier molecular flexibility index (Phi) is 5.77. The molecule has 0 saturated heterocycles. The molecule has 1 rings (SSSR count). The fourth-order valence-corrected chi connectivity index (χ4v) is 2.48. The maximum absolute atomic E-state index is 12.8. The van der Waals surface area contributed by atoms with Gasteiger partial charge < -0.3 is 5.11 Å². The van der Waals surface area contributed by atoms with E-state index in [0.717, 1.165) is 38.5 Å². The number of alkyl halides is 3. The second-order valence-electron chi connectivity index (χ2n) is 5.21.